The number of benzene rings is 1. The van der Waals surface area contributed by atoms with Crippen molar-refractivity contribution in [2.24, 2.45) is 0 Å². The summed E-state index contributed by atoms with van der Waals surface area (Å²) >= 11 is 0. The van der Waals surface area contributed by atoms with Gasteiger partial charge in [-0.1, -0.05) is 94.2 Å². The fourth-order valence-electron chi connectivity index (χ4n) is 3.57. The van der Waals surface area contributed by atoms with E-state index < -0.39 is 8.07 Å². The van der Waals surface area contributed by atoms with E-state index in [1.165, 1.54) is 56.3 Å². The third kappa shape index (κ3) is 6.46. The minimum atomic E-state index is -1.43. The minimum absolute atomic E-state index is 0.227. The molecule has 0 heterocycles. The molecule has 0 bridgehead atoms. The second-order valence-electron chi connectivity index (χ2n) is 6.93. The fourth-order valence-corrected chi connectivity index (χ4v) is 7.57. The van der Waals surface area contributed by atoms with Gasteiger partial charge in [0.15, 0.2) is 0 Å². The summed E-state index contributed by atoms with van der Waals surface area (Å²) in [4.78, 5) is 11.0. The van der Waals surface area contributed by atoms with Crippen LogP contribution in [0.25, 0.3) is 5.20 Å². The van der Waals surface area contributed by atoms with E-state index in [0.717, 1.165) is 5.56 Å². The Kier molecular flexibility index (Phi) is 9.80. The summed E-state index contributed by atoms with van der Waals surface area (Å²) in [6.07, 6.45) is 7.59. The van der Waals surface area contributed by atoms with E-state index in [4.69, 9.17) is 4.74 Å². The first kappa shape index (κ1) is 21.7. The van der Waals surface area contributed by atoms with Crippen LogP contribution in [-0.2, 0) is 16.1 Å². The molecule has 0 N–H and O–H groups in total. The molecule has 0 aromatic heterocycles. The number of hydrogen-bond acceptors (Lipinski definition) is 2. The van der Waals surface area contributed by atoms with Gasteiger partial charge in [-0.05, 0) is 24.0 Å². The van der Waals surface area contributed by atoms with Gasteiger partial charge in [0.25, 0.3) is 0 Å². The number of rotatable bonds is 11. The fraction of sp³-hybridized carbons (Fsp3) is 0.591. The predicted octanol–water partition coefficient (Wildman–Crippen LogP) is 6.76. The normalized spacial score (nSPS) is 12.3. The van der Waals surface area contributed by atoms with E-state index in [1.807, 2.05) is 0 Å². The van der Waals surface area contributed by atoms with Crippen molar-refractivity contribution in [3.05, 3.63) is 41.5 Å². The van der Waals surface area contributed by atoms with Crippen LogP contribution in [0.1, 0.15) is 71.4 Å². The Hall–Kier alpha value is -1.35. The molecule has 0 aliphatic heterocycles. The summed E-state index contributed by atoms with van der Waals surface area (Å²) in [7, 11) is -1.43. The van der Waals surface area contributed by atoms with E-state index in [2.05, 4.69) is 58.0 Å². The number of carbonyl (C=O) groups excluding carboxylic acids is 1. The molecule has 0 fully saturated rings. The van der Waals surface area contributed by atoms with Crippen LogP contribution < -0.4 is 0 Å². The lowest BCUT2D eigenvalue weighted by atomic mass is 10.1. The maximum Gasteiger partial charge on any atom is 0.302 e. The summed E-state index contributed by atoms with van der Waals surface area (Å²) in [5, 5.41) is 1.63. The smallest absolute Gasteiger partial charge is 0.302 e. The van der Waals surface area contributed by atoms with Gasteiger partial charge in [-0.3, -0.25) is 4.79 Å². The molecule has 0 spiro atoms. The molecule has 1 rings (SSSR count). The Morgan fingerprint density at radius 2 is 1.60 bits per heavy atom. The van der Waals surface area contributed by atoms with Crippen molar-refractivity contribution in [3.8, 4) is 0 Å². The monoisotopic (exact) mass is 360 g/mol. The molecule has 0 aliphatic rings. The highest BCUT2D eigenvalue weighted by molar-refractivity contribution is 6.96. The van der Waals surface area contributed by atoms with Gasteiger partial charge in [-0.2, -0.15) is 0 Å². The number of ether oxygens (including phenoxy) is 1. The Morgan fingerprint density at radius 1 is 1.00 bits per heavy atom. The van der Waals surface area contributed by atoms with Crippen LogP contribution >= 0.6 is 0 Å². The van der Waals surface area contributed by atoms with Gasteiger partial charge in [0.05, 0.1) is 8.07 Å². The molecule has 0 radical (unpaired) electrons. The lowest BCUT2D eigenvalue weighted by Gasteiger charge is -2.32. The van der Waals surface area contributed by atoms with Crippen LogP contribution in [-0.4, -0.2) is 14.0 Å². The Bertz CT molecular complexity index is 533. The molecule has 0 saturated carbocycles. The molecule has 1 aromatic rings. The standard InChI is InChI=1S/C22H36O2Si/c1-6-10-11-12-13-22(25(7-2,8-3)9-4)21-16-14-20(15-17-21)18-24-19(5)23/h13-17H,6-12,18H2,1-5H3/b22-13-. The number of unbranched alkanes of at least 4 members (excludes halogenated alkanes) is 3. The maximum atomic E-state index is 11.0. The van der Waals surface area contributed by atoms with Crippen molar-refractivity contribution in [1.82, 2.24) is 0 Å². The van der Waals surface area contributed by atoms with E-state index >= 15 is 0 Å². The number of hydrogen-bond donors (Lipinski definition) is 0. The third-order valence-electron chi connectivity index (χ3n) is 5.46. The Balaban J connectivity index is 3.07. The van der Waals surface area contributed by atoms with E-state index in [9.17, 15) is 4.79 Å². The van der Waals surface area contributed by atoms with E-state index in [1.54, 1.807) is 5.20 Å². The van der Waals surface area contributed by atoms with Crippen molar-refractivity contribution in [2.45, 2.75) is 85.0 Å². The molecule has 140 valence electrons. The Morgan fingerprint density at radius 3 is 2.08 bits per heavy atom. The lowest BCUT2D eigenvalue weighted by molar-refractivity contribution is -0.142. The average Bonchev–Trinajstić information content (AvgIpc) is 2.64. The van der Waals surface area contributed by atoms with Crippen molar-refractivity contribution >= 4 is 19.2 Å². The van der Waals surface area contributed by atoms with Crippen LogP contribution in [0.4, 0.5) is 0 Å². The van der Waals surface area contributed by atoms with Gasteiger partial charge in [-0.25, -0.2) is 0 Å². The summed E-state index contributed by atoms with van der Waals surface area (Å²) in [6.45, 7) is 11.2. The SMILES string of the molecule is CCCCC/C=C(/c1ccc(COC(C)=O)cc1)[Si](CC)(CC)CC. The van der Waals surface area contributed by atoms with Gasteiger partial charge in [0, 0.05) is 6.92 Å². The molecule has 3 heteroatoms. The minimum Gasteiger partial charge on any atom is -0.461 e. The number of allylic oxidation sites excluding steroid dienone is 1. The zero-order chi connectivity index (χ0) is 18.7. The molecule has 0 amide bonds. The van der Waals surface area contributed by atoms with Gasteiger partial charge in [0.1, 0.15) is 6.61 Å². The average molecular weight is 361 g/mol. The molecule has 0 saturated heterocycles. The lowest BCUT2D eigenvalue weighted by Crippen LogP contribution is -2.33. The van der Waals surface area contributed by atoms with Crippen LogP contribution in [0.15, 0.2) is 30.3 Å². The summed E-state index contributed by atoms with van der Waals surface area (Å²) in [6, 6.07) is 12.6. The maximum absolute atomic E-state index is 11.0. The van der Waals surface area contributed by atoms with Gasteiger partial charge >= 0.3 is 5.97 Å². The largest absolute Gasteiger partial charge is 0.461 e. The van der Waals surface area contributed by atoms with E-state index in [-0.39, 0.29) is 5.97 Å². The zero-order valence-corrected chi connectivity index (χ0v) is 17.9. The highest BCUT2D eigenvalue weighted by Crippen LogP contribution is 2.36. The molecule has 0 aliphatic carbocycles. The summed E-state index contributed by atoms with van der Waals surface area (Å²) in [5.41, 5.74) is 2.43. The van der Waals surface area contributed by atoms with Gasteiger partial charge in [0.2, 0.25) is 0 Å². The van der Waals surface area contributed by atoms with Crippen LogP contribution in [0.2, 0.25) is 18.1 Å². The van der Waals surface area contributed by atoms with Gasteiger partial charge < -0.3 is 4.74 Å². The second kappa shape index (κ2) is 11.3. The summed E-state index contributed by atoms with van der Waals surface area (Å²) in [5.74, 6) is -0.227. The first-order valence-corrected chi connectivity index (χ1v) is 12.6. The second-order valence-corrected chi connectivity index (χ2v) is 12.2. The topological polar surface area (TPSA) is 26.3 Å². The third-order valence-corrected chi connectivity index (χ3v) is 11.2. The Labute approximate surface area is 155 Å². The van der Waals surface area contributed by atoms with Crippen molar-refractivity contribution < 1.29 is 9.53 Å². The van der Waals surface area contributed by atoms with E-state index in [0.29, 0.717) is 6.61 Å². The van der Waals surface area contributed by atoms with Crippen molar-refractivity contribution in [3.63, 3.8) is 0 Å². The molecule has 2 nitrogen and oxygen atoms in total. The van der Waals surface area contributed by atoms with Crippen LogP contribution in [0.3, 0.4) is 0 Å². The molecular formula is C22H36O2Si. The number of esters is 1. The van der Waals surface area contributed by atoms with Crippen LogP contribution in [0, 0.1) is 0 Å². The summed E-state index contributed by atoms with van der Waals surface area (Å²) < 4.78 is 5.11. The van der Waals surface area contributed by atoms with Crippen LogP contribution in [0.5, 0.6) is 0 Å². The first-order chi connectivity index (χ1) is 12.0. The predicted molar refractivity (Wildman–Crippen MR) is 111 cm³/mol. The molecule has 0 atom stereocenters. The quantitative estimate of drug-likeness (QED) is 0.247. The van der Waals surface area contributed by atoms with Crippen molar-refractivity contribution in [2.75, 3.05) is 0 Å². The first-order valence-electron chi connectivity index (χ1n) is 9.96. The molecule has 1 aromatic carbocycles. The van der Waals surface area contributed by atoms with Gasteiger partial charge in [-0.15, -0.1) is 0 Å². The molecule has 25 heavy (non-hydrogen) atoms. The molecular weight excluding hydrogens is 324 g/mol. The number of carbonyl (C=O) groups is 1. The van der Waals surface area contributed by atoms with Crippen molar-refractivity contribution in [1.29, 1.82) is 0 Å². The highest BCUT2D eigenvalue weighted by atomic mass is 28.3. The molecule has 0 unspecified atom stereocenters. The zero-order valence-electron chi connectivity index (χ0n) is 16.9. The highest BCUT2D eigenvalue weighted by Gasteiger charge is 2.31.